The molecule has 1 nitrogen and oxygen atoms in total. The smallest absolute Gasteiger partial charge is 0.0390 e. The minimum absolute atomic E-state index is 1.06. The van der Waals surface area contributed by atoms with E-state index >= 15 is 0 Å². The van der Waals surface area contributed by atoms with Gasteiger partial charge in [-0.1, -0.05) is 158 Å². The molecule has 0 heterocycles. The van der Waals surface area contributed by atoms with Crippen molar-refractivity contribution in [3.8, 4) is 55.6 Å². The van der Waals surface area contributed by atoms with Crippen molar-refractivity contribution in [2.45, 2.75) is 0 Å². The van der Waals surface area contributed by atoms with Crippen molar-refractivity contribution in [1.29, 1.82) is 0 Å². The highest BCUT2D eigenvalue weighted by molar-refractivity contribution is 5.87. The van der Waals surface area contributed by atoms with Gasteiger partial charge in [-0.2, -0.15) is 0 Å². The monoisotopic (exact) mass is 549 g/mol. The lowest BCUT2D eigenvalue weighted by molar-refractivity contribution is 1.52. The van der Waals surface area contributed by atoms with Gasteiger partial charge in [0.1, 0.15) is 0 Å². The molecule has 0 aliphatic heterocycles. The van der Waals surface area contributed by atoms with Crippen LogP contribution in [0.25, 0.3) is 55.6 Å². The molecule has 0 radical (unpaired) electrons. The fourth-order valence-corrected chi connectivity index (χ4v) is 5.60. The van der Waals surface area contributed by atoms with Crippen LogP contribution in [0.2, 0.25) is 0 Å². The Balaban J connectivity index is 1.14. The van der Waals surface area contributed by atoms with E-state index in [0.717, 1.165) is 11.4 Å². The maximum Gasteiger partial charge on any atom is 0.0390 e. The molecule has 1 N–H and O–H groups in total. The zero-order valence-electron chi connectivity index (χ0n) is 23.8. The SMILES string of the molecule is c1ccc(-c2ccc(-c3ccc(Nc4ccc(-c5ccc(-c6ccccc6)cc5)c(-c5ccccc5)c4)cc3)cc2)cc1. The van der Waals surface area contributed by atoms with Gasteiger partial charge in [-0.05, 0) is 79.9 Å². The molecule has 0 fully saturated rings. The number of anilines is 2. The van der Waals surface area contributed by atoms with Gasteiger partial charge < -0.3 is 5.32 Å². The predicted octanol–water partition coefficient (Wildman–Crippen LogP) is 11.8. The van der Waals surface area contributed by atoms with E-state index in [9.17, 15) is 0 Å². The van der Waals surface area contributed by atoms with Gasteiger partial charge in [0.15, 0.2) is 0 Å². The second-order valence-electron chi connectivity index (χ2n) is 10.7. The number of hydrogen-bond acceptors (Lipinski definition) is 1. The van der Waals surface area contributed by atoms with Crippen LogP contribution in [0.4, 0.5) is 11.4 Å². The van der Waals surface area contributed by atoms with Crippen molar-refractivity contribution >= 4 is 11.4 Å². The predicted molar refractivity (Wildman–Crippen MR) is 183 cm³/mol. The Hall–Kier alpha value is -5.66. The number of nitrogens with one attached hydrogen (secondary N) is 1. The third-order valence-corrected chi connectivity index (χ3v) is 7.91. The first kappa shape index (κ1) is 26.3. The average molecular weight is 550 g/mol. The van der Waals surface area contributed by atoms with Crippen LogP contribution >= 0.6 is 0 Å². The summed E-state index contributed by atoms with van der Waals surface area (Å²) in [5.74, 6) is 0. The molecule has 0 amide bonds. The van der Waals surface area contributed by atoms with Crippen molar-refractivity contribution in [2.24, 2.45) is 0 Å². The molecule has 0 atom stereocenters. The van der Waals surface area contributed by atoms with Crippen LogP contribution in [0, 0.1) is 0 Å². The molecule has 1 heteroatoms. The molecule has 0 bridgehead atoms. The number of benzene rings is 7. The quantitative estimate of drug-likeness (QED) is 0.208. The largest absolute Gasteiger partial charge is 0.356 e. The van der Waals surface area contributed by atoms with E-state index in [1.54, 1.807) is 0 Å². The van der Waals surface area contributed by atoms with Crippen LogP contribution < -0.4 is 5.32 Å². The van der Waals surface area contributed by atoms with E-state index < -0.39 is 0 Å². The summed E-state index contributed by atoms with van der Waals surface area (Å²) in [5, 5.41) is 3.63. The zero-order chi connectivity index (χ0) is 28.8. The lowest BCUT2D eigenvalue weighted by Crippen LogP contribution is -1.93. The molecule has 0 aliphatic carbocycles. The van der Waals surface area contributed by atoms with Gasteiger partial charge in [-0.3, -0.25) is 0 Å². The Labute approximate surface area is 253 Å². The van der Waals surface area contributed by atoms with Crippen molar-refractivity contribution in [3.63, 3.8) is 0 Å². The summed E-state index contributed by atoms with van der Waals surface area (Å²) in [6.07, 6.45) is 0. The lowest BCUT2D eigenvalue weighted by Gasteiger charge is -2.15. The van der Waals surface area contributed by atoms with Crippen LogP contribution in [-0.4, -0.2) is 0 Å². The summed E-state index contributed by atoms with van der Waals surface area (Å²) in [7, 11) is 0. The van der Waals surface area contributed by atoms with Crippen LogP contribution in [0.3, 0.4) is 0 Å². The Kier molecular flexibility index (Phi) is 7.36. The summed E-state index contributed by atoms with van der Waals surface area (Å²) in [4.78, 5) is 0. The molecule has 0 unspecified atom stereocenters. The first-order valence-corrected chi connectivity index (χ1v) is 14.7. The third-order valence-electron chi connectivity index (χ3n) is 7.91. The molecule has 7 rings (SSSR count). The highest BCUT2D eigenvalue weighted by atomic mass is 14.9. The zero-order valence-corrected chi connectivity index (χ0v) is 23.8. The molecular weight excluding hydrogens is 518 g/mol. The molecule has 0 aromatic heterocycles. The van der Waals surface area contributed by atoms with E-state index in [-0.39, 0.29) is 0 Å². The van der Waals surface area contributed by atoms with Crippen LogP contribution in [-0.2, 0) is 0 Å². The first-order valence-electron chi connectivity index (χ1n) is 14.7. The fraction of sp³-hybridized carbons (Fsp3) is 0. The standard InChI is InChI=1S/C42H31N/c1-4-10-31(11-5-1)33-16-18-35(19-17-33)36-24-26-39(27-25-36)43-40-28-29-41(42(30-40)37-14-8-3-9-15-37)38-22-20-34(21-23-38)32-12-6-2-7-13-32/h1-30,43H. The van der Waals surface area contributed by atoms with Crippen LogP contribution in [0.5, 0.6) is 0 Å². The molecule has 7 aromatic rings. The Morgan fingerprint density at radius 1 is 0.233 bits per heavy atom. The number of hydrogen-bond donors (Lipinski definition) is 1. The highest BCUT2D eigenvalue weighted by Gasteiger charge is 2.10. The van der Waals surface area contributed by atoms with E-state index in [1.807, 2.05) is 0 Å². The van der Waals surface area contributed by atoms with Crippen LogP contribution in [0.15, 0.2) is 182 Å². The van der Waals surface area contributed by atoms with Crippen LogP contribution in [0.1, 0.15) is 0 Å². The van der Waals surface area contributed by atoms with Crippen molar-refractivity contribution in [2.75, 3.05) is 5.32 Å². The second kappa shape index (κ2) is 12.1. The minimum Gasteiger partial charge on any atom is -0.356 e. The van der Waals surface area contributed by atoms with E-state index in [2.05, 4.69) is 187 Å². The van der Waals surface area contributed by atoms with Gasteiger partial charge in [-0.25, -0.2) is 0 Å². The second-order valence-corrected chi connectivity index (χ2v) is 10.7. The summed E-state index contributed by atoms with van der Waals surface area (Å²) < 4.78 is 0. The third kappa shape index (κ3) is 5.88. The van der Waals surface area contributed by atoms with Crippen molar-refractivity contribution < 1.29 is 0 Å². The molecular formula is C42H31N. The van der Waals surface area contributed by atoms with Crippen molar-refractivity contribution in [3.05, 3.63) is 182 Å². The number of rotatable bonds is 7. The summed E-state index contributed by atoms with van der Waals surface area (Å²) in [6, 6.07) is 64.6. The van der Waals surface area contributed by atoms with Gasteiger partial charge in [0.25, 0.3) is 0 Å². The molecule has 0 saturated carbocycles. The Morgan fingerprint density at radius 2 is 0.558 bits per heavy atom. The normalized spacial score (nSPS) is 10.8. The van der Waals surface area contributed by atoms with Gasteiger partial charge in [0.2, 0.25) is 0 Å². The lowest BCUT2D eigenvalue weighted by atomic mass is 9.93. The summed E-state index contributed by atoms with van der Waals surface area (Å²) >= 11 is 0. The maximum atomic E-state index is 3.63. The molecule has 0 spiro atoms. The van der Waals surface area contributed by atoms with E-state index in [0.29, 0.717) is 0 Å². The van der Waals surface area contributed by atoms with Gasteiger partial charge in [0, 0.05) is 11.4 Å². The summed E-state index contributed by atoms with van der Waals surface area (Å²) in [5.41, 5.74) is 14.3. The van der Waals surface area contributed by atoms with Crippen molar-refractivity contribution in [1.82, 2.24) is 0 Å². The summed E-state index contributed by atoms with van der Waals surface area (Å²) in [6.45, 7) is 0. The molecule has 204 valence electrons. The molecule has 43 heavy (non-hydrogen) atoms. The molecule has 7 aromatic carbocycles. The topological polar surface area (TPSA) is 12.0 Å². The highest BCUT2D eigenvalue weighted by Crippen LogP contribution is 2.36. The van der Waals surface area contributed by atoms with Gasteiger partial charge >= 0.3 is 0 Å². The first-order chi connectivity index (χ1) is 21.3. The molecule has 0 aliphatic rings. The average Bonchev–Trinajstić information content (AvgIpc) is 3.10. The van der Waals surface area contributed by atoms with E-state index in [4.69, 9.17) is 0 Å². The Bertz CT molecular complexity index is 1920. The minimum atomic E-state index is 1.06. The molecule has 0 saturated heterocycles. The maximum absolute atomic E-state index is 3.63. The fourth-order valence-electron chi connectivity index (χ4n) is 5.60. The Morgan fingerprint density at radius 3 is 1.02 bits per heavy atom. The van der Waals surface area contributed by atoms with Gasteiger partial charge in [0.05, 0.1) is 0 Å². The van der Waals surface area contributed by atoms with Gasteiger partial charge in [-0.15, -0.1) is 0 Å². The van der Waals surface area contributed by atoms with E-state index in [1.165, 1.54) is 55.6 Å².